The van der Waals surface area contributed by atoms with Crippen molar-refractivity contribution < 1.29 is 9.90 Å². The van der Waals surface area contributed by atoms with E-state index in [0.717, 1.165) is 11.4 Å². The van der Waals surface area contributed by atoms with Crippen LogP contribution in [0.1, 0.15) is 35.9 Å². The van der Waals surface area contributed by atoms with Gasteiger partial charge in [0.15, 0.2) is 5.69 Å². The van der Waals surface area contributed by atoms with Gasteiger partial charge in [-0.05, 0) is 24.1 Å². The minimum Gasteiger partial charge on any atom is -0.477 e. The van der Waals surface area contributed by atoms with Crippen LogP contribution in [0.25, 0.3) is 0 Å². The van der Waals surface area contributed by atoms with Gasteiger partial charge >= 0.3 is 5.97 Å². The second kappa shape index (κ2) is 5.69. The SMILES string of the molecule is CC(C)c1cc(C(=O)O)nc(N(C)c2ccccc2)n1. The molecule has 1 aromatic carbocycles. The fraction of sp³-hybridized carbons (Fsp3) is 0.267. The van der Waals surface area contributed by atoms with E-state index in [9.17, 15) is 4.79 Å². The van der Waals surface area contributed by atoms with Crippen LogP contribution >= 0.6 is 0 Å². The van der Waals surface area contributed by atoms with Crippen LogP contribution in [0.2, 0.25) is 0 Å². The Morgan fingerprint density at radius 2 is 1.85 bits per heavy atom. The minimum atomic E-state index is -1.04. The van der Waals surface area contributed by atoms with E-state index in [4.69, 9.17) is 5.11 Å². The first kappa shape index (κ1) is 14.0. The predicted molar refractivity (Wildman–Crippen MR) is 77.6 cm³/mol. The van der Waals surface area contributed by atoms with Gasteiger partial charge in [0.05, 0.1) is 0 Å². The van der Waals surface area contributed by atoms with E-state index in [1.165, 1.54) is 6.07 Å². The molecule has 0 aliphatic heterocycles. The molecule has 2 aromatic rings. The average molecular weight is 271 g/mol. The third kappa shape index (κ3) is 2.93. The number of aromatic nitrogens is 2. The van der Waals surface area contributed by atoms with Crippen LogP contribution in [-0.4, -0.2) is 28.1 Å². The normalized spacial score (nSPS) is 10.6. The second-order valence-electron chi connectivity index (χ2n) is 4.83. The van der Waals surface area contributed by atoms with E-state index < -0.39 is 5.97 Å². The Bertz CT molecular complexity index is 612. The van der Waals surface area contributed by atoms with Crippen LogP contribution in [0.15, 0.2) is 36.4 Å². The van der Waals surface area contributed by atoms with Gasteiger partial charge in [0.25, 0.3) is 0 Å². The van der Waals surface area contributed by atoms with Gasteiger partial charge in [-0.3, -0.25) is 0 Å². The quantitative estimate of drug-likeness (QED) is 0.925. The fourth-order valence-corrected chi connectivity index (χ4v) is 1.78. The van der Waals surface area contributed by atoms with Crippen LogP contribution in [-0.2, 0) is 0 Å². The molecule has 0 fully saturated rings. The summed E-state index contributed by atoms with van der Waals surface area (Å²) >= 11 is 0. The van der Waals surface area contributed by atoms with Gasteiger partial charge in [0.1, 0.15) is 0 Å². The van der Waals surface area contributed by atoms with Crippen LogP contribution in [0.5, 0.6) is 0 Å². The van der Waals surface area contributed by atoms with Crippen LogP contribution in [0, 0.1) is 0 Å². The van der Waals surface area contributed by atoms with Crippen molar-refractivity contribution >= 4 is 17.6 Å². The zero-order chi connectivity index (χ0) is 14.7. The van der Waals surface area contributed by atoms with Crippen molar-refractivity contribution in [3.63, 3.8) is 0 Å². The maximum atomic E-state index is 11.2. The molecule has 0 spiro atoms. The minimum absolute atomic E-state index is 0.0153. The molecular formula is C15H17N3O2. The summed E-state index contributed by atoms with van der Waals surface area (Å²) in [7, 11) is 1.82. The molecule has 0 aliphatic rings. The molecule has 1 aromatic heterocycles. The second-order valence-corrected chi connectivity index (χ2v) is 4.83. The molecule has 0 saturated heterocycles. The van der Waals surface area contributed by atoms with E-state index in [0.29, 0.717) is 5.95 Å². The molecule has 0 bridgehead atoms. The first-order chi connectivity index (χ1) is 9.49. The van der Waals surface area contributed by atoms with Crippen molar-refractivity contribution in [3.8, 4) is 0 Å². The third-order valence-corrected chi connectivity index (χ3v) is 2.99. The van der Waals surface area contributed by atoms with Crippen molar-refractivity contribution in [3.05, 3.63) is 47.8 Å². The van der Waals surface area contributed by atoms with E-state index in [1.54, 1.807) is 4.90 Å². The molecule has 0 amide bonds. The number of rotatable bonds is 4. The Morgan fingerprint density at radius 3 is 2.40 bits per heavy atom. The van der Waals surface area contributed by atoms with Gasteiger partial charge in [0.2, 0.25) is 5.95 Å². The highest BCUT2D eigenvalue weighted by Crippen LogP contribution is 2.22. The number of aromatic carboxylic acids is 1. The maximum absolute atomic E-state index is 11.2. The summed E-state index contributed by atoms with van der Waals surface area (Å²) in [6.07, 6.45) is 0. The number of nitrogens with zero attached hydrogens (tertiary/aromatic N) is 3. The molecule has 0 aliphatic carbocycles. The molecular weight excluding hydrogens is 254 g/mol. The molecule has 1 heterocycles. The van der Waals surface area contributed by atoms with Crippen LogP contribution < -0.4 is 4.90 Å². The molecule has 20 heavy (non-hydrogen) atoms. The van der Waals surface area contributed by atoms with Gasteiger partial charge < -0.3 is 10.0 Å². The van der Waals surface area contributed by atoms with Crippen molar-refractivity contribution in [2.24, 2.45) is 0 Å². The Labute approximate surface area is 117 Å². The predicted octanol–water partition coefficient (Wildman–Crippen LogP) is 3.07. The molecule has 0 atom stereocenters. The van der Waals surface area contributed by atoms with Crippen LogP contribution in [0.4, 0.5) is 11.6 Å². The standard InChI is InChI=1S/C15H17N3O2/c1-10(2)12-9-13(14(19)20)17-15(16-12)18(3)11-7-5-4-6-8-11/h4-10H,1-3H3,(H,19,20). The Morgan fingerprint density at radius 1 is 1.20 bits per heavy atom. The maximum Gasteiger partial charge on any atom is 0.354 e. The molecule has 0 saturated carbocycles. The summed E-state index contributed by atoms with van der Waals surface area (Å²) < 4.78 is 0. The summed E-state index contributed by atoms with van der Waals surface area (Å²) in [4.78, 5) is 21.5. The highest BCUT2D eigenvalue weighted by Gasteiger charge is 2.15. The largest absolute Gasteiger partial charge is 0.477 e. The summed E-state index contributed by atoms with van der Waals surface area (Å²) in [5.74, 6) is -0.518. The van der Waals surface area contributed by atoms with Gasteiger partial charge in [-0.15, -0.1) is 0 Å². The van der Waals surface area contributed by atoms with Gasteiger partial charge in [-0.1, -0.05) is 32.0 Å². The van der Waals surface area contributed by atoms with Gasteiger partial charge in [-0.25, -0.2) is 14.8 Å². The topological polar surface area (TPSA) is 66.3 Å². The smallest absolute Gasteiger partial charge is 0.354 e. The van der Waals surface area contributed by atoms with Crippen molar-refractivity contribution in [1.29, 1.82) is 0 Å². The molecule has 104 valence electrons. The zero-order valence-electron chi connectivity index (χ0n) is 11.7. The van der Waals surface area contributed by atoms with E-state index >= 15 is 0 Å². The Balaban J connectivity index is 2.48. The lowest BCUT2D eigenvalue weighted by atomic mass is 10.1. The summed E-state index contributed by atoms with van der Waals surface area (Å²) in [5, 5.41) is 9.16. The monoisotopic (exact) mass is 271 g/mol. The van der Waals surface area contributed by atoms with E-state index in [2.05, 4.69) is 9.97 Å². The molecule has 5 nitrogen and oxygen atoms in total. The van der Waals surface area contributed by atoms with Crippen molar-refractivity contribution in [2.45, 2.75) is 19.8 Å². The van der Waals surface area contributed by atoms with Gasteiger partial charge in [0, 0.05) is 18.4 Å². The van der Waals surface area contributed by atoms with Crippen molar-refractivity contribution in [1.82, 2.24) is 9.97 Å². The number of anilines is 2. The lowest BCUT2D eigenvalue weighted by Gasteiger charge is -2.19. The zero-order valence-corrected chi connectivity index (χ0v) is 11.7. The number of carboxylic acids is 1. The summed E-state index contributed by atoms with van der Waals surface area (Å²) in [6.45, 7) is 3.94. The van der Waals surface area contributed by atoms with E-state index in [1.807, 2.05) is 51.2 Å². The number of benzene rings is 1. The first-order valence-corrected chi connectivity index (χ1v) is 6.40. The number of para-hydroxylation sites is 1. The lowest BCUT2D eigenvalue weighted by molar-refractivity contribution is 0.0690. The lowest BCUT2D eigenvalue weighted by Crippen LogP contribution is -2.16. The third-order valence-electron chi connectivity index (χ3n) is 2.99. The van der Waals surface area contributed by atoms with E-state index in [-0.39, 0.29) is 11.6 Å². The number of carbonyl (C=O) groups is 1. The first-order valence-electron chi connectivity index (χ1n) is 6.40. The number of carboxylic acid groups (broad SMARTS) is 1. The summed E-state index contributed by atoms with van der Waals surface area (Å²) in [5.41, 5.74) is 1.64. The molecule has 0 radical (unpaired) electrons. The number of hydrogen-bond donors (Lipinski definition) is 1. The highest BCUT2D eigenvalue weighted by atomic mass is 16.4. The molecule has 0 unspecified atom stereocenters. The Kier molecular flexibility index (Phi) is 3.98. The number of hydrogen-bond acceptors (Lipinski definition) is 4. The van der Waals surface area contributed by atoms with Gasteiger partial charge in [-0.2, -0.15) is 0 Å². The fourth-order valence-electron chi connectivity index (χ4n) is 1.78. The average Bonchev–Trinajstić information content (AvgIpc) is 2.46. The van der Waals surface area contributed by atoms with Crippen LogP contribution in [0.3, 0.4) is 0 Å². The molecule has 5 heteroatoms. The Hall–Kier alpha value is -2.43. The molecule has 1 N–H and O–H groups in total. The summed E-state index contributed by atoms with van der Waals surface area (Å²) in [6, 6.07) is 11.1. The molecule has 2 rings (SSSR count). The highest BCUT2D eigenvalue weighted by molar-refractivity contribution is 5.86. The van der Waals surface area contributed by atoms with Crippen molar-refractivity contribution in [2.75, 3.05) is 11.9 Å².